The predicted molar refractivity (Wildman–Crippen MR) is 77.4 cm³/mol. The number of rotatable bonds is 4. The minimum atomic E-state index is -0.227. The quantitative estimate of drug-likeness (QED) is 0.794. The van der Waals surface area contributed by atoms with Gasteiger partial charge >= 0.3 is 0 Å². The van der Waals surface area contributed by atoms with Crippen LogP contribution in [0.25, 0.3) is 0 Å². The molecule has 2 N–H and O–H groups in total. The Morgan fingerprint density at radius 1 is 1.50 bits per heavy atom. The molecule has 5 heteroatoms. The van der Waals surface area contributed by atoms with E-state index in [9.17, 15) is 9.90 Å². The van der Waals surface area contributed by atoms with E-state index >= 15 is 0 Å². The molecule has 2 saturated heterocycles. The summed E-state index contributed by atoms with van der Waals surface area (Å²) >= 11 is 0. The van der Waals surface area contributed by atoms with Gasteiger partial charge in [-0.15, -0.1) is 0 Å². The van der Waals surface area contributed by atoms with Crippen molar-refractivity contribution in [3.05, 3.63) is 0 Å². The summed E-state index contributed by atoms with van der Waals surface area (Å²) in [5, 5.41) is 12.6. The van der Waals surface area contributed by atoms with Crippen LogP contribution in [-0.4, -0.2) is 60.9 Å². The monoisotopic (exact) mass is 284 g/mol. The summed E-state index contributed by atoms with van der Waals surface area (Å²) in [6.45, 7) is 7.43. The molecular weight excluding hydrogens is 256 g/mol. The maximum atomic E-state index is 12.4. The average Bonchev–Trinajstić information content (AvgIpc) is 2.47. The lowest BCUT2D eigenvalue weighted by Gasteiger charge is -2.37. The van der Waals surface area contributed by atoms with Crippen molar-refractivity contribution in [3.63, 3.8) is 0 Å². The van der Waals surface area contributed by atoms with Crippen molar-refractivity contribution < 1.29 is 14.6 Å². The van der Waals surface area contributed by atoms with Crippen LogP contribution >= 0.6 is 0 Å². The van der Waals surface area contributed by atoms with Gasteiger partial charge < -0.3 is 20.1 Å². The zero-order valence-corrected chi connectivity index (χ0v) is 12.7. The SMILES string of the molecule is CC1CN(C(=O)CC(C)C2CCCNC2)CC(CO)O1. The first-order chi connectivity index (χ1) is 9.60. The van der Waals surface area contributed by atoms with E-state index in [1.807, 2.05) is 11.8 Å². The molecule has 0 saturated carbocycles. The third-order valence-electron chi connectivity index (χ3n) is 4.52. The maximum Gasteiger partial charge on any atom is 0.223 e. The molecule has 116 valence electrons. The van der Waals surface area contributed by atoms with Gasteiger partial charge in [-0.1, -0.05) is 6.92 Å². The Kier molecular flexibility index (Phi) is 5.81. The van der Waals surface area contributed by atoms with Gasteiger partial charge in [-0.2, -0.15) is 0 Å². The number of carbonyl (C=O) groups is 1. The standard InChI is InChI=1S/C15H28N2O3/c1-11(13-4-3-5-16-7-13)6-15(19)17-8-12(2)20-14(9-17)10-18/h11-14,16,18H,3-10H2,1-2H3. The molecule has 2 rings (SSSR count). The number of piperidine rings is 1. The molecule has 0 aromatic carbocycles. The summed E-state index contributed by atoms with van der Waals surface area (Å²) in [4.78, 5) is 14.3. The summed E-state index contributed by atoms with van der Waals surface area (Å²) < 4.78 is 5.58. The Morgan fingerprint density at radius 3 is 2.95 bits per heavy atom. The molecule has 2 heterocycles. The van der Waals surface area contributed by atoms with Gasteiger partial charge in [0.05, 0.1) is 18.8 Å². The van der Waals surface area contributed by atoms with Crippen LogP contribution in [0.2, 0.25) is 0 Å². The van der Waals surface area contributed by atoms with Crippen molar-refractivity contribution in [1.29, 1.82) is 0 Å². The molecule has 1 amide bonds. The second kappa shape index (κ2) is 7.38. The van der Waals surface area contributed by atoms with Crippen LogP contribution < -0.4 is 5.32 Å². The molecule has 2 aliphatic heterocycles. The summed E-state index contributed by atoms with van der Waals surface area (Å²) in [6, 6.07) is 0. The number of aliphatic hydroxyl groups excluding tert-OH is 1. The molecule has 0 aromatic heterocycles. The van der Waals surface area contributed by atoms with Gasteiger partial charge in [-0.3, -0.25) is 4.79 Å². The van der Waals surface area contributed by atoms with E-state index in [0.29, 0.717) is 31.3 Å². The number of ether oxygens (including phenoxy) is 1. The number of amides is 1. The smallest absolute Gasteiger partial charge is 0.223 e. The summed E-state index contributed by atoms with van der Waals surface area (Å²) in [6.07, 6.45) is 2.83. The Hall–Kier alpha value is -0.650. The first-order valence-corrected chi connectivity index (χ1v) is 7.85. The third kappa shape index (κ3) is 4.17. The Morgan fingerprint density at radius 2 is 2.30 bits per heavy atom. The highest BCUT2D eigenvalue weighted by atomic mass is 16.5. The highest BCUT2D eigenvalue weighted by Crippen LogP contribution is 2.24. The molecule has 0 radical (unpaired) electrons. The predicted octanol–water partition coefficient (Wildman–Crippen LogP) is 0.620. The fraction of sp³-hybridized carbons (Fsp3) is 0.933. The normalized spacial score (nSPS) is 33.0. The zero-order valence-electron chi connectivity index (χ0n) is 12.7. The Balaban J connectivity index is 1.83. The third-order valence-corrected chi connectivity index (χ3v) is 4.52. The van der Waals surface area contributed by atoms with Crippen molar-refractivity contribution in [2.75, 3.05) is 32.8 Å². The fourth-order valence-corrected chi connectivity index (χ4v) is 3.29. The van der Waals surface area contributed by atoms with Gasteiger partial charge in [0, 0.05) is 19.5 Å². The highest BCUT2D eigenvalue weighted by molar-refractivity contribution is 5.76. The van der Waals surface area contributed by atoms with Crippen LogP contribution in [0.4, 0.5) is 0 Å². The number of carbonyl (C=O) groups excluding carboxylic acids is 1. The average molecular weight is 284 g/mol. The van der Waals surface area contributed by atoms with Crippen LogP contribution in [0, 0.1) is 11.8 Å². The molecule has 20 heavy (non-hydrogen) atoms. The summed E-state index contributed by atoms with van der Waals surface area (Å²) in [5.41, 5.74) is 0. The van der Waals surface area contributed by atoms with E-state index in [0.717, 1.165) is 13.1 Å². The summed E-state index contributed by atoms with van der Waals surface area (Å²) in [7, 11) is 0. The van der Waals surface area contributed by atoms with E-state index in [1.165, 1.54) is 12.8 Å². The van der Waals surface area contributed by atoms with Crippen molar-refractivity contribution >= 4 is 5.91 Å². The number of hydrogen-bond acceptors (Lipinski definition) is 4. The fourth-order valence-electron chi connectivity index (χ4n) is 3.29. The van der Waals surface area contributed by atoms with Crippen LogP contribution in [0.15, 0.2) is 0 Å². The zero-order chi connectivity index (χ0) is 14.5. The van der Waals surface area contributed by atoms with Gasteiger partial charge in [0.15, 0.2) is 0 Å². The van der Waals surface area contributed by atoms with Crippen LogP contribution in [-0.2, 0) is 9.53 Å². The maximum absolute atomic E-state index is 12.4. The van der Waals surface area contributed by atoms with Gasteiger partial charge in [0.1, 0.15) is 0 Å². The van der Waals surface area contributed by atoms with Gasteiger partial charge in [-0.25, -0.2) is 0 Å². The van der Waals surface area contributed by atoms with E-state index in [1.54, 1.807) is 0 Å². The van der Waals surface area contributed by atoms with Gasteiger partial charge in [0.25, 0.3) is 0 Å². The second-order valence-corrected chi connectivity index (χ2v) is 6.34. The highest BCUT2D eigenvalue weighted by Gasteiger charge is 2.30. The number of morpholine rings is 1. The van der Waals surface area contributed by atoms with Crippen molar-refractivity contribution in [3.8, 4) is 0 Å². The minimum absolute atomic E-state index is 0.0107. The Bertz CT molecular complexity index is 318. The number of aliphatic hydroxyl groups is 1. The number of nitrogens with zero attached hydrogens (tertiary/aromatic N) is 1. The lowest BCUT2D eigenvalue weighted by Crippen LogP contribution is -2.50. The molecular formula is C15H28N2O3. The molecule has 0 spiro atoms. The molecule has 2 fully saturated rings. The van der Waals surface area contributed by atoms with E-state index < -0.39 is 0 Å². The largest absolute Gasteiger partial charge is 0.394 e. The topological polar surface area (TPSA) is 61.8 Å². The van der Waals surface area contributed by atoms with E-state index in [4.69, 9.17) is 4.74 Å². The van der Waals surface area contributed by atoms with Crippen molar-refractivity contribution in [2.24, 2.45) is 11.8 Å². The summed E-state index contributed by atoms with van der Waals surface area (Å²) in [5.74, 6) is 1.23. The lowest BCUT2D eigenvalue weighted by atomic mass is 9.85. The van der Waals surface area contributed by atoms with Crippen LogP contribution in [0.3, 0.4) is 0 Å². The number of hydrogen-bond donors (Lipinski definition) is 2. The van der Waals surface area contributed by atoms with Crippen LogP contribution in [0.1, 0.15) is 33.1 Å². The lowest BCUT2D eigenvalue weighted by molar-refractivity contribution is -0.148. The molecule has 0 aliphatic carbocycles. The molecule has 4 atom stereocenters. The van der Waals surface area contributed by atoms with Gasteiger partial charge in [-0.05, 0) is 44.7 Å². The molecule has 0 aromatic rings. The molecule has 4 unspecified atom stereocenters. The number of nitrogens with one attached hydrogen (secondary N) is 1. The van der Waals surface area contributed by atoms with E-state index in [-0.39, 0.29) is 24.7 Å². The molecule has 2 aliphatic rings. The minimum Gasteiger partial charge on any atom is -0.394 e. The first kappa shape index (κ1) is 15.7. The molecule has 0 bridgehead atoms. The molecule has 5 nitrogen and oxygen atoms in total. The van der Waals surface area contributed by atoms with Gasteiger partial charge in [0.2, 0.25) is 5.91 Å². The second-order valence-electron chi connectivity index (χ2n) is 6.34. The Labute approximate surface area is 121 Å². The van der Waals surface area contributed by atoms with Crippen molar-refractivity contribution in [1.82, 2.24) is 10.2 Å². The first-order valence-electron chi connectivity index (χ1n) is 7.85. The van der Waals surface area contributed by atoms with Crippen molar-refractivity contribution in [2.45, 2.75) is 45.3 Å². The van der Waals surface area contributed by atoms with Crippen LogP contribution in [0.5, 0.6) is 0 Å². The van der Waals surface area contributed by atoms with E-state index in [2.05, 4.69) is 12.2 Å².